The van der Waals surface area contributed by atoms with Crippen LogP contribution in [0.15, 0.2) is 47.6 Å². The molecule has 2 aromatic carbocycles. The Morgan fingerprint density at radius 3 is 2.39 bits per heavy atom. The fourth-order valence-corrected chi connectivity index (χ4v) is 5.87. The van der Waals surface area contributed by atoms with E-state index in [4.69, 9.17) is 28.3 Å². The Kier molecular flexibility index (Phi) is 7.20. The number of rotatable bonds is 4. The molecule has 1 N–H and O–H groups in total. The number of fused-ring (bicyclic) bond motifs is 1. The van der Waals surface area contributed by atoms with Crippen molar-refractivity contribution in [1.29, 1.82) is 0 Å². The molecule has 5 rings (SSSR count). The third-order valence-corrected chi connectivity index (χ3v) is 7.51. The first-order valence-corrected chi connectivity index (χ1v) is 11.8. The minimum Gasteiger partial charge on any atom is -0.284 e. The van der Waals surface area contributed by atoms with E-state index in [1.807, 2.05) is 11.9 Å². The molecule has 2 aromatic rings. The topological polar surface area (TPSA) is 47.9 Å². The Balaban J connectivity index is 0.00000259. The number of anilines is 1. The Morgan fingerprint density at radius 2 is 1.76 bits per heavy atom. The van der Waals surface area contributed by atoms with Gasteiger partial charge < -0.3 is 0 Å². The van der Waals surface area contributed by atoms with Crippen LogP contribution >= 0.6 is 35.6 Å². The Morgan fingerprint density at radius 1 is 1.09 bits per heavy atom. The number of hydrogen-bond acceptors (Lipinski definition) is 4. The van der Waals surface area contributed by atoms with E-state index in [0.29, 0.717) is 33.3 Å². The molecule has 4 atom stereocenters. The molecule has 0 radical (unpaired) electrons. The van der Waals surface area contributed by atoms with Gasteiger partial charge in [-0.05, 0) is 60.6 Å². The molecule has 2 unspecified atom stereocenters. The van der Waals surface area contributed by atoms with Crippen molar-refractivity contribution >= 4 is 52.9 Å². The van der Waals surface area contributed by atoms with E-state index >= 15 is 0 Å². The van der Waals surface area contributed by atoms with Crippen LogP contribution in [0.4, 0.5) is 10.1 Å². The second kappa shape index (κ2) is 9.79. The second-order valence-electron chi connectivity index (χ2n) is 9.01. The standard InChI is InChI=1S/C24H25Cl2FN4O.ClH/c1-14-22(24(32)29-30-12-16-3-2-4-17(16)13-30)28-31(21-10-7-18(25)11-20(21)26)23(14)15-5-8-19(27)9-6-15;/h5-11,14,16-17,23H,2-4,12-13H2,1H3,(H,29,32);1H/t14-,16?,17?,23+;/m0./s1. The first-order chi connectivity index (χ1) is 15.4. The van der Waals surface area contributed by atoms with Crippen molar-refractivity contribution in [2.75, 3.05) is 18.1 Å². The molecular formula is C24H26Cl3FN4O. The van der Waals surface area contributed by atoms with E-state index in [1.54, 1.807) is 35.3 Å². The third-order valence-electron chi connectivity index (χ3n) is 6.97. The lowest BCUT2D eigenvalue weighted by Gasteiger charge is -2.27. The summed E-state index contributed by atoms with van der Waals surface area (Å²) in [7, 11) is 0. The number of amides is 1. The minimum absolute atomic E-state index is 0. The monoisotopic (exact) mass is 510 g/mol. The number of nitrogens with one attached hydrogen (secondary N) is 1. The summed E-state index contributed by atoms with van der Waals surface area (Å²) in [6.45, 7) is 3.76. The SMILES string of the molecule is C[C@H]1C(C(=O)NN2CC3CCCC3C2)=NN(c2ccc(Cl)cc2Cl)[C@H]1c1ccc(F)cc1.Cl. The Labute approximate surface area is 209 Å². The summed E-state index contributed by atoms with van der Waals surface area (Å²) in [4.78, 5) is 13.3. The highest BCUT2D eigenvalue weighted by Gasteiger charge is 2.42. The summed E-state index contributed by atoms with van der Waals surface area (Å²) >= 11 is 12.6. The van der Waals surface area contributed by atoms with Gasteiger partial charge in [-0.1, -0.05) is 48.7 Å². The number of nitrogens with zero attached hydrogens (tertiary/aromatic N) is 3. The van der Waals surface area contributed by atoms with Crippen LogP contribution in [0.5, 0.6) is 0 Å². The van der Waals surface area contributed by atoms with E-state index in [1.165, 1.54) is 31.4 Å². The lowest BCUT2D eigenvalue weighted by Crippen LogP contribution is -2.45. The number of hydrazine groups is 1. The fourth-order valence-electron chi connectivity index (χ4n) is 5.37. The quantitative estimate of drug-likeness (QED) is 0.558. The van der Waals surface area contributed by atoms with Crippen LogP contribution in [-0.4, -0.2) is 29.7 Å². The van der Waals surface area contributed by atoms with Gasteiger partial charge in [-0.15, -0.1) is 12.4 Å². The van der Waals surface area contributed by atoms with E-state index in [-0.39, 0.29) is 36.1 Å². The summed E-state index contributed by atoms with van der Waals surface area (Å²) in [5.74, 6) is 0.615. The van der Waals surface area contributed by atoms with Gasteiger partial charge in [-0.25, -0.2) is 9.40 Å². The zero-order valence-corrected chi connectivity index (χ0v) is 20.5. The molecule has 0 bridgehead atoms. The van der Waals surface area contributed by atoms with E-state index < -0.39 is 0 Å². The third kappa shape index (κ3) is 4.72. The predicted molar refractivity (Wildman–Crippen MR) is 132 cm³/mol. The van der Waals surface area contributed by atoms with Crippen LogP contribution in [0, 0.1) is 23.6 Å². The van der Waals surface area contributed by atoms with Gasteiger partial charge >= 0.3 is 0 Å². The van der Waals surface area contributed by atoms with Crippen molar-refractivity contribution < 1.29 is 9.18 Å². The van der Waals surface area contributed by atoms with Crippen molar-refractivity contribution in [2.24, 2.45) is 22.9 Å². The summed E-state index contributed by atoms with van der Waals surface area (Å²) in [6, 6.07) is 11.2. The highest BCUT2D eigenvalue weighted by Crippen LogP contribution is 2.42. The Bertz CT molecular complexity index is 1050. The molecule has 0 spiro atoms. The van der Waals surface area contributed by atoms with Crippen molar-refractivity contribution in [3.05, 3.63) is 63.9 Å². The minimum atomic E-state index is -0.311. The van der Waals surface area contributed by atoms with Crippen molar-refractivity contribution in [3.63, 3.8) is 0 Å². The fraction of sp³-hybridized carbons (Fsp3) is 0.417. The maximum absolute atomic E-state index is 13.6. The number of halogens is 4. The second-order valence-corrected chi connectivity index (χ2v) is 9.85. The molecule has 176 valence electrons. The molecule has 1 saturated carbocycles. The smallest absolute Gasteiger partial charge is 0.282 e. The van der Waals surface area contributed by atoms with Crippen LogP contribution in [0.2, 0.25) is 10.0 Å². The van der Waals surface area contributed by atoms with Crippen molar-refractivity contribution in [3.8, 4) is 0 Å². The molecule has 2 fully saturated rings. The molecule has 5 nitrogen and oxygen atoms in total. The van der Waals surface area contributed by atoms with E-state index in [9.17, 15) is 9.18 Å². The van der Waals surface area contributed by atoms with Gasteiger partial charge in [0.15, 0.2) is 0 Å². The van der Waals surface area contributed by atoms with Gasteiger partial charge in [0.05, 0.1) is 16.8 Å². The summed E-state index contributed by atoms with van der Waals surface area (Å²) in [5, 5.41) is 9.47. The molecule has 1 amide bonds. The number of benzene rings is 2. The van der Waals surface area contributed by atoms with Crippen LogP contribution < -0.4 is 10.4 Å². The molecule has 0 aromatic heterocycles. The van der Waals surface area contributed by atoms with Gasteiger partial charge in [-0.3, -0.25) is 15.2 Å². The van der Waals surface area contributed by atoms with E-state index in [2.05, 4.69) is 5.43 Å². The highest BCUT2D eigenvalue weighted by molar-refractivity contribution is 6.41. The van der Waals surface area contributed by atoms with Crippen LogP contribution in [0.3, 0.4) is 0 Å². The summed E-state index contributed by atoms with van der Waals surface area (Å²) < 4.78 is 13.6. The first-order valence-electron chi connectivity index (χ1n) is 11.0. The largest absolute Gasteiger partial charge is 0.284 e. The van der Waals surface area contributed by atoms with Gasteiger partial charge in [0.25, 0.3) is 5.91 Å². The van der Waals surface area contributed by atoms with Crippen LogP contribution in [0.1, 0.15) is 37.8 Å². The molecule has 1 aliphatic carbocycles. The molecular weight excluding hydrogens is 486 g/mol. The predicted octanol–water partition coefficient (Wildman–Crippen LogP) is 5.87. The van der Waals surface area contributed by atoms with Gasteiger partial charge in [-0.2, -0.15) is 5.10 Å². The molecule has 2 aliphatic heterocycles. The Hall–Kier alpha value is -1.86. The first kappa shape index (κ1) is 24.3. The molecule has 3 aliphatic rings. The van der Waals surface area contributed by atoms with E-state index in [0.717, 1.165) is 18.7 Å². The maximum Gasteiger partial charge on any atom is 0.282 e. The highest BCUT2D eigenvalue weighted by atomic mass is 35.5. The zero-order chi connectivity index (χ0) is 22.4. The van der Waals surface area contributed by atoms with Gasteiger partial charge in [0, 0.05) is 24.0 Å². The lowest BCUT2D eigenvalue weighted by atomic mass is 9.91. The number of carbonyl (C=O) groups is 1. The van der Waals surface area contributed by atoms with Gasteiger partial charge in [0.1, 0.15) is 11.5 Å². The van der Waals surface area contributed by atoms with Crippen LogP contribution in [0.25, 0.3) is 0 Å². The number of hydrazone groups is 1. The van der Waals surface area contributed by atoms with Crippen LogP contribution in [-0.2, 0) is 4.79 Å². The molecule has 1 saturated heterocycles. The van der Waals surface area contributed by atoms with Crippen molar-refractivity contribution in [2.45, 2.75) is 32.2 Å². The lowest BCUT2D eigenvalue weighted by molar-refractivity contribution is -0.119. The normalized spacial score (nSPS) is 26.7. The average molecular weight is 512 g/mol. The molecule has 33 heavy (non-hydrogen) atoms. The van der Waals surface area contributed by atoms with Gasteiger partial charge in [0.2, 0.25) is 0 Å². The molecule has 9 heteroatoms. The number of carbonyl (C=O) groups excluding carboxylic acids is 1. The summed E-state index contributed by atoms with van der Waals surface area (Å²) in [6.07, 6.45) is 3.77. The average Bonchev–Trinajstić information content (AvgIpc) is 3.42. The zero-order valence-electron chi connectivity index (χ0n) is 18.2. The maximum atomic E-state index is 13.6. The van der Waals surface area contributed by atoms with Crippen molar-refractivity contribution in [1.82, 2.24) is 10.4 Å². The summed E-state index contributed by atoms with van der Waals surface area (Å²) in [5.41, 5.74) is 5.02. The molecule has 2 heterocycles. The number of hydrogen-bond donors (Lipinski definition) is 1.